The van der Waals surface area contributed by atoms with Crippen molar-refractivity contribution in [2.75, 3.05) is 5.73 Å². The van der Waals surface area contributed by atoms with E-state index in [-0.39, 0.29) is 0 Å². The molecule has 2 rings (SSSR count). The normalized spacial score (nSPS) is 10.5. The zero-order valence-electron chi connectivity index (χ0n) is 7.81. The molecular weight excluding hydrogens is 292 g/mol. The Hall–Kier alpha value is -0.520. The molecule has 0 atom stereocenters. The van der Waals surface area contributed by atoms with Gasteiger partial charge in [-0.3, -0.25) is 0 Å². The summed E-state index contributed by atoms with van der Waals surface area (Å²) in [4.78, 5) is 5.57. The SMILES string of the molecule is Nc1ccc(SCc2cc(Br)cs2)nc1. The average Bonchev–Trinajstić information content (AvgIpc) is 2.64. The highest BCUT2D eigenvalue weighted by atomic mass is 79.9. The first-order valence-corrected chi connectivity index (χ1v) is 6.97. The number of rotatable bonds is 3. The van der Waals surface area contributed by atoms with Gasteiger partial charge in [0.1, 0.15) is 0 Å². The number of hydrogen-bond donors (Lipinski definition) is 1. The van der Waals surface area contributed by atoms with Gasteiger partial charge in [-0.15, -0.1) is 23.1 Å². The van der Waals surface area contributed by atoms with E-state index in [1.807, 2.05) is 12.1 Å². The molecule has 2 aromatic heterocycles. The number of halogens is 1. The highest BCUT2D eigenvalue weighted by Gasteiger charge is 2.00. The van der Waals surface area contributed by atoms with Crippen LogP contribution >= 0.6 is 39.0 Å². The molecule has 0 amide bonds. The third-order valence-corrected chi connectivity index (χ3v) is 4.62. The maximum absolute atomic E-state index is 5.56. The molecule has 2 nitrogen and oxygen atoms in total. The van der Waals surface area contributed by atoms with Crippen molar-refractivity contribution in [3.8, 4) is 0 Å². The molecular formula is C10H9BrN2S2. The van der Waals surface area contributed by atoms with Crippen molar-refractivity contribution < 1.29 is 0 Å². The second kappa shape index (κ2) is 5.01. The van der Waals surface area contributed by atoms with Crippen LogP contribution in [-0.4, -0.2) is 4.98 Å². The summed E-state index contributed by atoms with van der Waals surface area (Å²) in [5.74, 6) is 0.952. The predicted octanol–water partition coefficient (Wildman–Crippen LogP) is 3.78. The van der Waals surface area contributed by atoms with Gasteiger partial charge >= 0.3 is 0 Å². The summed E-state index contributed by atoms with van der Waals surface area (Å²) >= 11 is 6.91. The van der Waals surface area contributed by atoms with E-state index >= 15 is 0 Å². The number of nitrogens with two attached hydrogens (primary N) is 1. The Labute approximate surface area is 105 Å². The van der Waals surface area contributed by atoms with E-state index in [0.717, 1.165) is 15.3 Å². The van der Waals surface area contributed by atoms with E-state index in [2.05, 4.69) is 32.4 Å². The summed E-state index contributed by atoms with van der Waals surface area (Å²) in [7, 11) is 0. The summed E-state index contributed by atoms with van der Waals surface area (Å²) in [6.07, 6.45) is 1.69. The van der Waals surface area contributed by atoms with E-state index in [0.29, 0.717) is 5.69 Å². The minimum Gasteiger partial charge on any atom is -0.397 e. The third-order valence-electron chi connectivity index (χ3n) is 1.74. The van der Waals surface area contributed by atoms with Gasteiger partial charge in [0.25, 0.3) is 0 Å². The van der Waals surface area contributed by atoms with Crippen molar-refractivity contribution in [1.82, 2.24) is 4.98 Å². The Morgan fingerprint density at radius 1 is 1.47 bits per heavy atom. The monoisotopic (exact) mass is 300 g/mol. The van der Waals surface area contributed by atoms with Crippen LogP contribution in [0, 0.1) is 0 Å². The molecule has 0 aromatic carbocycles. The average molecular weight is 301 g/mol. The van der Waals surface area contributed by atoms with E-state index in [1.54, 1.807) is 29.3 Å². The lowest BCUT2D eigenvalue weighted by Crippen LogP contribution is -1.86. The van der Waals surface area contributed by atoms with Crippen molar-refractivity contribution >= 4 is 44.7 Å². The molecule has 0 saturated heterocycles. The van der Waals surface area contributed by atoms with Gasteiger partial charge in [0.05, 0.1) is 16.9 Å². The summed E-state index contributed by atoms with van der Waals surface area (Å²) in [6.45, 7) is 0. The molecule has 2 heterocycles. The molecule has 0 aliphatic heterocycles. The molecule has 0 radical (unpaired) electrons. The third kappa shape index (κ3) is 3.22. The van der Waals surface area contributed by atoms with E-state index in [9.17, 15) is 0 Å². The van der Waals surface area contributed by atoms with Gasteiger partial charge in [-0.2, -0.15) is 0 Å². The fourth-order valence-electron chi connectivity index (χ4n) is 1.05. The topological polar surface area (TPSA) is 38.9 Å². The Balaban J connectivity index is 1.96. The fourth-order valence-corrected chi connectivity index (χ4v) is 3.40. The Kier molecular flexibility index (Phi) is 3.66. The quantitative estimate of drug-likeness (QED) is 0.877. The predicted molar refractivity (Wildman–Crippen MR) is 70.2 cm³/mol. The molecule has 5 heteroatoms. The van der Waals surface area contributed by atoms with Crippen molar-refractivity contribution in [2.24, 2.45) is 0 Å². The highest BCUT2D eigenvalue weighted by molar-refractivity contribution is 9.10. The summed E-state index contributed by atoms with van der Waals surface area (Å²) in [5, 5.41) is 3.10. The van der Waals surface area contributed by atoms with Crippen molar-refractivity contribution in [3.05, 3.63) is 39.1 Å². The molecule has 0 aliphatic rings. The second-order valence-corrected chi connectivity index (χ2v) is 5.86. The van der Waals surface area contributed by atoms with Gasteiger partial charge in [-0.05, 0) is 34.1 Å². The van der Waals surface area contributed by atoms with E-state index < -0.39 is 0 Å². The second-order valence-electron chi connectivity index (χ2n) is 2.95. The van der Waals surface area contributed by atoms with Gasteiger partial charge in [-0.25, -0.2) is 4.98 Å². The smallest absolute Gasteiger partial charge is 0.0964 e. The Morgan fingerprint density at radius 2 is 2.33 bits per heavy atom. The summed E-state index contributed by atoms with van der Waals surface area (Å²) < 4.78 is 1.15. The van der Waals surface area contributed by atoms with Crippen molar-refractivity contribution in [2.45, 2.75) is 10.8 Å². The van der Waals surface area contributed by atoms with Crippen molar-refractivity contribution in [1.29, 1.82) is 0 Å². The molecule has 15 heavy (non-hydrogen) atoms. The van der Waals surface area contributed by atoms with Crippen molar-refractivity contribution in [3.63, 3.8) is 0 Å². The lowest BCUT2D eigenvalue weighted by molar-refractivity contribution is 1.14. The number of thioether (sulfide) groups is 1. The van der Waals surface area contributed by atoms with Gasteiger partial charge in [0.2, 0.25) is 0 Å². The summed E-state index contributed by atoms with van der Waals surface area (Å²) in [6, 6.07) is 5.96. The van der Waals surface area contributed by atoms with Crippen LogP contribution in [0.2, 0.25) is 0 Å². The van der Waals surface area contributed by atoms with Crippen LogP contribution in [0.25, 0.3) is 0 Å². The molecule has 0 fully saturated rings. The molecule has 0 unspecified atom stereocenters. The first-order chi connectivity index (χ1) is 7.24. The molecule has 2 aromatic rings. The van der Waals surface area contributed by atoms with Gasteiger partial charge in [-0.1, -0.05) is 0 Å². The lowest BCUT2D eigenvalue weighted by atomic mass is 10.4. The first-order valence-electron chi connectivity index (χ1n) is 4.31. The molecule has 0 bridgehead atoms. The summed E-state index contributed by atoms with van der Waals surface area (Å²) in [5.41, 5.74) is 6.27. The number of nitrogens with zero attached hydrogens (tertiary/aromatic N) is 1. The largest absolute Gasteiger partial charge is 0.397 e. The van der Waals surface area contributed by atoms with Crippen LogP contribution < -0.4 is 5.73 Å². The van der Waals surface area contributed by atoms with Crippen LogP contribution in [0.1, 0.15) is 4.88 Å². The number of anilines is 1. The van der Waals surface area contributed by atoms with Crippen LogP contribution in [0.4, 0.5) is 5.69 Å². The zero-order valence-corrected chi connectivity index (χ0v) is 11.0. The number of thiophene rings is 1. The zero-order chi connectivity index (χ0) is 10.7. The van der Waals surface area contributed by atoms with Crippen LogP contribution in [0.15, 0.2) is 39.3 Å². The molecule has 2 N–H and O–H groups in total. The number of aromatic nitrogens is 1. The Bertz CT molecular complexity index is 439. The van der Waals surface area contributed by atoms with Crippen LogP contribution in [-0.2, 0) is 5.75 Å². The first kappa shape index (κ1) is 11.0. The maximum Gasteiger partial charge on any atom is 0.0964 e. The standard InChI is InChI=1S/C10H9BrN2S2/c11-7-3-9(14-5-7)6-15-10-2-1-8(12)4-13-10/h1-5H,6,12H2. The molecule has 0 saturated carbocycles. The van der Waals surface area contributed by atoms with Gasteiger partial charge in [0, 0.05) is 20.5 Å². The number of nitrogen functional groups attached to an aromatic ring is 1. The highest BCUT2D eigenvalue weighted by Crippen LogP contribution is 2.27. The molecule has 0 aliphatic carbocycles. The fraction of sp³-hybridized carbons (Fsp3) is 0.100. The minimum atomic E-state index is 0.707. The van der Waals surface area contributed by atoms with Crippen LogP contribution in [0.5, 0.6) is 0 Å². The molecule has 0 spiro atoms. The maximum atomic E-state index is 5.56. The molecule has 78 valence electrons. The van der Waals surface area contributed by atoms with Gasteiger partial charge in [0.15, 0.2) is 0 Å². The number of pyridine rings is 1. The van der Waals surface area contributed by atoms with E-state index in [1.165, 1.54) is 4.88 Å². The van der Waals surface area contributed by atoms with Gasteiger partial charge < -0.3 is 5.73 Å². The van der Waals surface area contributed by atoms with Crippen LogP contribution in [0.3, 0.4) is 0 Å². The number of hydrogen-bond acceptors (Lipinski definition) is 4. The van der Waals surface area contributed by atoms with E-state index in [4.69, 9.17) is 5.73 Å². The Morgan fingerprint density at radius 3 is 2.93 bits per heavy atom. The lowest BCUT2D eigenvalue weighted by Gasteiger charge is -1.98. The minimum absolute atomic E-state index is 0.707.